The van der Waals surface area contributed by atoms with Crippen molar-refractivity contribution in [1.82, 2.24) is 0 Å². The molecule has 0 amide bonds. The summed E-state index contributed by atoms with van der Waals surface area (Å²) in [6.07, 6.45) is 23.1. The first-order valence-corrected chi connectivity index (χ1v) is 13.6. The fourth-order valence-electron chi connectivity index (χ4n) is 6.89. The summed E-state index contributed by atoms with van der Waals surface area (Å²) in [6, 6.07) is 7.64. The number of hydrogen-bond acceptors (Lipinski definition) is 1. The molecule has 0 heterocycles. The van der Waals surface area contributed by atoms with E-state index in [-0.39, 0.29) is 0 Å². The van der Waals surface area contributed by atoms with Crippen molar-refractivity contribution < 1.29 is 4.74 Å². The Bertz CT molecular complexity index is 692. The molecule has 2 saturated carbocycles. The van der Waals surface area contributed by atoms with Crippen LogP contribution in [0.4, 0.5) is 0 Å². The first-order chi connectivity index (χ1) is 15.3. The molecule has 3 aliphatic rings. The largest absolute Gasteiger partial charge is 0.374 e. The summed E-state index contributed by atoms with van der Waals surface area (Å²) in [4.78, 5) is 0. The van der Waals surface area contributed by atoms with Crippen LogP contribution in [-0.2, 0) is 17.6 Å². The van der Waals surface area contributed by atoms with Crippen molar-refractivity contribution in [1.29, 1.82) is 0 Å². The Balaban J connectivity index is 1.27. The lowest BCUT2D eigenvalue weighted by molar-refractivity contribution is -0.00310. The standard InChI is InChI=1S/C30H46O/c1-3-5-6-7-8-9-23-10-11-25-20-26(13-12-24(25)19-23)27-14-15-29-22-30(31-18-4-2)17-16-28(29)21-27/h4,12-13,20,23,27-30H,2-3,5-11,14-19,21-22H2,1H3. The minimum Gasteiger partial charge on any atom is -0.374 e. The van der Waals surface area contributed by atoms with Gasteiger partial charge in [-0.05, 0) is 98.1 Å². The van der Waals surface area contributed by atoms with Crippen LogP contribution in [0.25, 0.3) is 0 Å². The van der Waals surface area contributed by atoms with Crippen molar-refractivity contribution in [2.45, 2.75) is 115 Å². The summed E-state index contributed by atoms with van der Waals surface area (Å²) in [7, 11) is 0. The number of unbranched alkanes of at least 4 members (excludes halogenated alkanes) is 4. The molecule has 0 aliphatic heterocycles. The van der Waals surface area contributed by atoms with Crippen LogP contribution in [0.2, 0.25) is 0 Å². The lowest BCUT2D eigenvalue weighted by atomic mass is 9.65. The zero-order valence-electron chi connectivity index (χ0n) is 20.1. The number of aryl methyl sites for hydroxylation is 1. The van der Waals surface area contributed by atoms with E-state index in [9.17, 15) is 0 Å². The highest BCUT2D eigenvalue weighted by Gasteiger charge is 2.36. The molecule has 1 aromatic rings. The fraction of sp³-hybridized carbons (Fsp3) is 0.733. The third-order valence-electron chi connectivity index (χ3n) is 8.76. The summed E-state index contributed by atoms with van der Waals surface area (Å²) >= 11 is 0. The monoisotopic (exact) mass is 422 g/mol. The molecule has 0 N–H and O–H groups in total. The van der Waals surface area contributed by atoms with Crippen molar-refractivity contribution in [3.05, 3.63) is 47.5 Å². The Morgan fingerprint density at radius 2 is 1.77 bits per heavy atom. The van der Waals surface area contributed by atoms with E-state index in [1.54, 1.807) is 16.7 Å². The van der Waals surface area contributed by atoms with Crippen molar-refractivity contribution in [2.24, 2.45) is 17.8 Å². The molecule has 0 aromatic heterocycles. The van der Waals surface area contributed by atoms with Crippen LogP contribution in [0.5, 0.6) is 0 Å². The summed E-state index contributed by atoms with van der Waals surface area (Å²) in [5.41, 5.74) is 5.01. The molecule has 0 bridgehead atoms. The molecule has 1 heteroatoms. The lowest BCUT2D eigenvalue weighted by Crippen LogP contribution is -2.33. The van der Waals surface area contributed by atoms with Crippen LogP contribution >= 0.6 is 0 Å². The van der Waals surface area contributed by atoms with Gasteiger partial charge >= 0.3 is 0 Å². The number of fused-ring (bicyclic) bond motifs is 2. The third kappa shape index (κ3) is 6.25. The Morgan fingerprint density at radius 3 is 2.65 bits per heavy atom. The maximum absolute atomic E-state index is 5.99. The fourth-order valence-corrected chi connectivity index (χ4v) is 6.89. The second kappa shape index (κ2) is 11.7. The van der Waals surface area contributed by atoms with Crippen LogP contribution in [0.3, 0.4) is 0 Å². The topological polar surface area (TPSA) is 9.23 Å². The predicted molar refractivity (Wildman–Crippen MR) is 133 cm³/mol. The van der Waals surface area contributed by atoms with Gasteiger partial charge in [-0.1, -0.05) is 69.7 Å². The van der Waals surface area contributed by atoms with Gasteiger partial charge in [0.05, 0.1) is 12.7 Å². The summed E-state index contributed by atoms with van der Waals surface area (Å²) in [5, 5.41) is 0. The molecule has 31 heavy (non-hydrogen) atoms. The van der Waals surface area contributed by atoms with Crippen LogP contribution < -0.4 is 0 Å². The van der Waals surface area contributed by atoms with Crippen LogP contribution in [0.1, 0.15) is 113 Å². The van der Waals surface area contributed by atoms with Gasteiger partial charge in [0.15, 0.2) is 0 Å². The van der Waals surface area contributed by atoms with Gasteiger partial charge in [-0.2, -0.15) is 0 Å². The number of ether oxygens (including phenoxy) is 1. The molecule has 5 atom stereocenters. The Kier molecular flexibility index (Phi) is 8.71. The van der Waals surface area contributed by atoms with E-state index in [4.69, 9.17) is 4.74 Å². The van der Waals surface area contributed by atoms with E-state index < -0.39 is 0 Å². The molecule has 0 radical (unpaired) electrons. The lowest BCUT2D eigenvalue weighted by Gasteiger charge is -2.42. The summed E-state index contributed by atoms with van der Waals surface area (Å²) in [5.74, 6) is 3.56. The molecule has 0 saturated heterocycles. The van der Waals surface area contributed by atoms with Crippen molar-refractivity contribution in [3.8, 4) is 0 Å². The molecule has 1 aromatic carbocycles. The minimum atomic E-state index is 0.485. The third-order valence-corrected chi connectivity index (χ3v) is 8.76. The predicted octanol–water partition coefficient (Wildman–Crippen LogP) is 8.41. The molecule has 3 aliphatic carbocycles. The van der Waals surface area contributed by atoms with E-state index in [1.165, 1.54) is 96.3 Å². The van der Waals surface area contributed by atoms with Gasteiger partial charge in [-0.3, -0.25) is 0 Å². The number of rotatable bonds is 10. The second-order valence-electron chi connectivity index (χ2n) is 10.9. The van der Waals surface area contributed by atoms with Gasteiger partial charge < -0.3 is 4.74 Å². The summed E-state index contributed by atoms with van der Waals surface area (Å²) in [6.45, 7) is 6.83. The molecule has 5 unspecified atom stereocenters. The quantitative estimate of drug-likeness (QED) is 0.271. The van der Waals surface area contributed by atoms with E-state index in [1.807, 2.05) is 6.08 Å². The molecule has 0 spiro atoms. The minimum absolute atomic E-state index is 0.485. The Hall–Kier alpha value is -1.08. The van der Waals surface area contributed by atoms with Crippen LogP contribution in [-0.4, -0.2) is 12.7 Å². The van der Waals surface area contributed by atoms with Crippen molar-refractivity contribution >= 4 is 0 Å². The average molecular weight is 423 g/mol. The smallest absolute Gasteiger partial charge is 0.0648 e. The van der Waals surface area contributed by atoms with E-state index >= 15 is 0 Å². The Labute approximate surface area is 192 Å². The molecular formula is C30H46O. The van der Waals surface area contributed by atoms with E-state index in [0.29, 0.717) is 6.10 Å². The summed E-state index contributed by atoms with van der Waals surface area (Å²) < 4.78 is 5.99. The maximum atomic E-state index is 5.99. The highest BCUT2D eigenvalue weighted by atomic mass is 16.5. The molecule has 1 nitrogen and oxygen atoms in total. The SMILES string of the molecule is C=CCOC1CCC2CC(c3ccc4c(c3)CCC(CCCCCCC)C4)CCC2C1. The van der Waals surface area contributed by atoms with Gasteiger partial charge in [0, 0.05) is 0 Å². The number of hydrogen-bond donors (Lipinski definition) is 0. The average Bonchev–Trinajstić information content (AvgIpc) is 2.81. The first kappa shape index (κ1) is 23.1. The molecular weight excluding hydrogens is 376 g/mol. The first-order valence-electron chi connectivity index (χ1n) is 13.6. The van der Waals surface area contributed by atoms with Gasteiger partial charge in [-0.15, -0.1) is 6.58 Å². The second-order valence-corrected chi connectivity index (χ2v) is 10.9. The maximum Gasteiger partial charge on any atom is 0.0648 e. The van der Waals surface area contributed by atoms with Gasteiger partial charge in [-0.25, -0.2) is 0 Å². The van der Waals surface area contributed by atoms with E-state index in [0.717, 1.165) is 30.3 Å². The van der Waals surface area contributed by atoms with Crippen LogP contribution in [0.15, 0.2) is 30.9 Å². The van der Waals surface area contributed by atoms with Crippen molar-refractivity contribution in [2.75, 3.05) is 6.61 Å². The van der Waals surface area contributed by atoms with Gasteiger partial charge in [0.2, 0.25) is 0 Å². The van der Waals surface area contributed by atoms with Gasteiger partial charge in [0.1, 0.15) is 0 Å². The zero-order valence-corrected chi connectivity index (χ0v) is 20.1. The van der Waals surface area contributed by atoms with E-state index in [2.05, 4.69) is 31.7 Å². The highest BCUT2D eigenvalue weighted by Crippen LogP contribution is 2.47. The highest BCUT2D eigenvalue weighted by molar-refractivity contribution is 5.36. The Morgan fingerprint density at radius 1 is 0.935 bits per heavy atom. The normalized spacial score (nSPS) is 30.4. The molecule has 4 rings (SSSR count). The number of benzene rings is 1. The molecule has 2 fully saturated rings. The van der Waals surface area contributed by atoms with Gasteiger partial charge in [0.25, 0.3) is 0 Å². The van der Waals surface area contributed by atoms with Crippen LogP contribution in [0, 0.1) is 17.8 Å². The zero-order chi connectivity index (χ0) is 21.5. The van der Waals surface area contributed by atoms with Crippen molar-refractivity contribution in [3.63, 3.8) is 0 Å². The molecule has 172 valence electrons.